The molecule has 0 atom stereocenters. The minimum atomic E-state index is -4.57. The van der Waals surface area contributed by atoms with E-state index in [1.54, 1.807) is 29.6 Å². The number of halogens is 3. The van der Waals surface area contributed by atoms with Crippen LogP contribution in [0.15, 0.2) is 48.0 Å². The quantitative estimate of drug-likeness (QED) is 0.577. The molecule has 0 aliphatic rings. The van der Waals surface area contributed by atoms with Crippen LogP contribution in [0.4, 0.5) is 18.9 Å². The Hall–Kier alpha value is -3.40. The fraction of sp³-hybridized carbons (Fsp3) is 0.150. The molecule has 1 aromatic carbocycles. The van der Waals surface area contributed by atoms with E-state index in [0.29, 0.717) is 21.9 Å². The zero-order valence-electron chi connectivity index (χ0n) is 15.7. The maximum Gasteiger partial charge on any atom is 0.433 e. The van der Waals surface area contributed by atoms with Crippen molar-refractivity contribution in [1.29, 1.82) is 0 Å². The lowest BCUT2D eigenvalue weighted by Gasteiger charge is -2.09. The van der Waals surface area contributed by atoms with Crippen molar-refractivity contribution in [2.75, 3.05) is 19.5 Å². The summed E-state index contributed by atoms with van der Waals surface area (Å²) in [7, 11) is 2.73. The summed E-state index contributed by atoms with van der Waals surface area (Å²) in [5, 5.41) is 4.35. The van der Waals surface area contributed by atoms with E-state index in [4.69, 9.17) is 9.47 Å². The Morgan fingerprint density at radius 2 is 1.77 bits per heavy atom. The lowest BCUT2D eigenvalue weighted by molar-refractivity contribution is -0.141. The molecule has 0 aliphatic heterocycles. The molecule has 3 aromatic rings. The van der Waals surface area contributed by atoms with Crippen molar-refractivity contribution in [2.45, 2.75) is 6.18 Å². The van der Waals surface area contributed by atoms with Crippen molar-refractivity contribution < 1.29 is 32.2 Å². The molecular weight excluding hydrogens is 421 g/mol. The van der Waals surface area contributed by atoms with Gasteiger partial charge >= 0.3 is 12.1 Å². The monoisotopic (exact) mass is 436 g/mol. The van der Waals surface area contributed by atoms with E-state index in [-0.39, 0.29) is 5.56 Å². The number of nitrogens with zero attached hydrogens (tertiary/aromatic N) is 1. The van der Waals surface area contributed by atoms with E-state index in [1.165, 1.54) is 25.6 Å². The number of anilines is 1. The zero-order valence-corrected chi connectivity index (χ0v) is 16.6. The molecular formula is C20H15F3N2O4S. The number of ether oxygens (including phenoxy) is 2. The van der Waals surface area contributed by atoms with Crippen LogP contribution in [0.3, 0.4) is 0 Å². The minimum absolute atomic E-state index is 0.00528. The Balaban J connectivity index is 1.76. The van der Waals surface area contributed by atoms with Gasteiger partial charge in [-0.15, -0.1) is 11.3 Å². The molecule has 1 amide bonds. The summed E-state index contributed by atoms with van der Waals surface area (Å²) in [6.07, 6.45) is -3.70. The normalized spacial score (nSPS) is 11.1. The average Bonchev–Trinajstić information content (AvgIpc) is 3.17. The maximum atomic E-state index is 12.6. The standard InChI is InChI=1S/C20H15F3N2O4S/c1-28-16-14(10-30-17(16)19(27)29-2)11-3-6-13(7-4-11)25-18(26)12-5-8-15(24-9-12)20(21,22)23/h3-10H,1-2H3,(H,25,26). The molecule has 1 N–H and O–H groups in total. The number of pyridine rings is 1. The van der Waals surface area contributed by atoms with Crippen molar-refractivity contribution in [1.82, 2.24) is 4.98 Å². The third-order valence-corrected chi connectivity index (χ3v) is 5.03. The Bertz CT molecular complexity index is 1060. The fourth-order valence-electron chi connectivity index (χ4n) is 2.61. The van der Waals surface area contributed by atoms with Crippen LogP contribution in [0.1, 0.15) is 25.7 Å². The first-order valence-electron chi connectivity index (χ1n) is 8.43. The zero-order chi connectivity index (χ0) is 21.9. The van der Waals surface area contributed by atoms with Gasteiger partial charge in [-0.25, -0.2) is 4.79 Å². The van der Waals surface area contributed by atoms with E-state index in [0.717, 1.165) is 23.9 Å². The van der Waals surface area contributed by atoms with E-state index in [2.05, 4.69) is 10.3 Å². The number of carbonyl (C=O) groups is 2. The molecule has 0 spiro atoms. The highest BCUT2D eigenvalue weighted by molar-refractivity contribution is 7.12. The third-order valence-electron chi connectivity index (χ3n) is 4.09. The topological polar surface area (TPSA) is 77.5 Å². The Kier molecular flexibility index (Phi) is 6.06. The van der Waals surface area contributed by atoms with Gasteiger partial charge in [0.15, 0.2) is 10.6 Å². The molecule has 156 valence electrons. The summed E-state index contributed by atoms with van der Waals surface area (Å²) in [5.41, 5.74) is 0.792. The molecule has 2 aromatic heterocycles. The van der Waals surface area contributed by atoms with Crippen molar-refractivity contribution in [3.05, 3.63) is 64.1 Å². The highest BCUT2D eigenvalue weighted by atomic mass is 32.1. The second kappa shape index (κ2) is 8.54. The molecule has 30 heavy (non-hydrogen) atoms. The summed E-state index contributed by atoms with van der Waals surface area (Å²) >= 11 is 1.19. The Morgan fingerprint density at radius 1 is 1.07 bits per heavy atom. The number of hydrogen-bond acceptors (Lipinski definition) is 6. The van der Waals surface area contributed by atoms with Crippen LogP contribution in [0.5, 0.6) is 5.75 Å². The molecule has 0 saturated heterocycles. The number of hydrogen-bond donors (Lipinski definition) is 1. The number of thiophene rings is 1. The van der Waals surface area contributed by atoms with Crippen LogP contribution >= 0.6 is 11.3 Å². The van der Waals surface area contributed by atoms with Crippen molar-refractivity contribution >= 4 is 28.9 Å². The molecule has 3 rings (SSSR count). The first-order chi connectivity index (χ1) is 14.2. The van der Waals surface area contributed by atoms with Crippen molar-refractivity contribution in [3.63, 3.8) is 0 Å². The van der Waals surface area contributed by atoms with Crippen LogP contribution < -0.4 is 10.1 Å². The van der Waals surface area contributed by atoms with Gasteiger partial charge in [-0.1, -0.05) is 12.1 Å². The molecule has 2 heterocycles. The fourth-order valence-corrected chi connectivity index (χ4v) is 3.57. The van der Waals surface area contributed by atoms with Crippen LogP contribution in [-0.4, -0.2) is 31.1 Å². The lowest BCUT2D eigenvalue weighted by Crippen LogP contribution is -2.14. The van der Waals surface area contributed by atoms with Gasteiger partial charge in [-0.3, -0.25) is 9.78 Å². The summed E-state index contributed by atoms with van der Waals surface area (Å²) < 4.78 is 47.8. The van der Waals surface area contributed by atoms with Gasteiger partial charge in [0.05, 0.1) is 19.8 Å². The summed E-state index contributed by atoms with van der Waals surface area (Å²) in [6.45, 7) is 0. The maximum absolute atomic E-state index is 12.6. The molecule has 0 bridgehead atoms. The number of benzene rings is 1. The van der Waals surface area contributed by atoms with Gasteiger partial charge in [0.1, 0.15) is 5.69 Å². The summed E-state index contributed by atoms with van der Waals surface area (Å²) in [6, 6.07) is 8.49. The molecule has 0 fully saturated rings. The Labute approximate surface area is 173 Å². The van der Waals surface area contributed by atoms with E-state index < -0.39 is 23.7 Å². The predicted octanol–water partition coefficient (Wildman–Crippen LogP) is 4.88. The van der Waals surface area contributed by atoms with Crippen LogP contribution in [0, 0.1) is 0 Å². The van der Waals surface area contributed by atoms with Gasteiger partial charge in [0.25, 0.3) is 5.91 Å². The number of nitrogens with one attached hydrogen (secondary N) is 1. The molecule has 0 radical (unpaired) electrons. The van der Waals surface area contributed by atoms with Gasteiger partial charge in [-0.05, 0) is 29.8 Å². The molecule has 6 nitrogen and oxygen atoms in total. The summed E-state index contributed by atoms with van der Waals surface area (Å²) in [5.74, 6) is -0.707. The van der Waals surface area contributed by atoms with Crippen LogP contribution in [0.2, 0.25) is 0 Å². The number of alkyl halides is 3. The first-order valence-corrected chi connectivity index (χ1v) is 9.31. The first kappa shape index (κ1) is 21.3. The van der Waals surface area contributed by atoms with Crippen molar-refractivity contribution in [3.8, 4) is 16.9 Å². The van der Waals surface area contributed by atoms with E-state index in [1.807, 2.05) is 0 Å². The number of amides is 1. The van der Waals surface area contributed by atoms with Crippen molar-refractivity contribution in [2.24, 2.45) is 0 Å². The van der Waals surface area contributed by atoms with Crippen LogP contribution in [-0.2, 0) is 10.9 Å². The minimum Gasteiger partial charge on any atom is -0.494 e. The number of methoxy groups -OCH3 is 2. The summed E-state index contributed by atoms with van der Waals surface area (Å²) in [4.78, 5) is 27.7. The smallest absolute Gasteiger partial charge is 0.433 e. The van der Waals surface area contributed by atoms with Gasteiger partial charge in [0, 0.05) is 22.8 Å². The third kappa shape index (κ3) is 4.43. The average molecular weight is 436 g/mol. The van der Waals surface area contributed by atoms with Gasteiger partial charge < -0.3 is 14.8 Å². The molecule has 0 aliphatic carbocycles. The highest BCUT2D eigenvalue weighted by Gasteiger charge is 2.32. The molecule has 0 unspecified atom stereocenters. The Morgan fingerprint density at radius 3 is 2.30 bits per heavy atom. The van der Waals surface area contributed by atoms with E-state index >= 15 is 0 Å². The van der Waals surface area contributed by atoms with Gasteiger partial charge in [-0.2, -0.15) is 13.2 Å². The van der Waals surface area contributed by atoms with Gasteiger partial charge in [0.2, 0.25) is 0 Å². The van der Waals surface area contributed by atoms with E-state index in [9.17, 15) is 22.8 Å². The number of rotatable bonds is 5. The molecule has 10 heteroatoms. The van der Waals surface area contributed by atoms with Crippen LogP contribution in [0.25, 0.3) is 11.1 Å². The number of esters is 1. The SMILES string of the molecule is COC(=O)c1scc(-c2ccc(NC(=O)c3ccc(C(F)(F)F)nc3)cc2)c1OC. The second-order valence-corrected chi connectivity index (χ2v) is 6.84. The number of aromatic nitrogens is 1. The highest BCUT2D eigenvalue weighted by Crippen LogP contribution is 2.39. The molecule has 0 saturated carbocycles. The second-order valence-electron chi connectivity index (χ2n) is 5.96. The largest absolute Gasteiger partial charge is 0.494 e. The predicted molar refractivity (Wildman–Crippen MR) is 105 cm³/mol. The lowest BCUT2D eigenvalue weighted by atomic mass is 10.1. The number of carbonyl (C=O) groups excluding carboxylic acids is 2.